The summed E-state index contributed by atoms with van der Waals surface area (Å²) in [4.78, 5) is 13.1. The molecular formula is C15H9ClF2N4O. The van der Waals surface area contributed by atoms with Crippen LogP contribution in [0.3, 0.4) is 0 Å². The fourth-order valence-electron chi connectivity index (χ4n) is 1.94. The Bertz CT molecular complexity index is 881. The molecule has 5 nitrogen and oxygen atoms in total. The second-order valence-corrected chi connectivity index (χ2v) is 5.14. The zero-order valence-corrected chi connectivity index (χ0v) is 12.3. The van der Waals surface area contributed by atoms with Crippen molar-refractivity contribution < 1.29 is 13.6 Å². The minimum Gasteiger partial charge on any atom is -0.292 e. The molecule has 3 aromatic rings. The highest BCUT2D eigenvalue weighted by Crippen LogP contribution is 2.18. The van der Waals surface area contributed by atoms with Crippen LogP contribution in [0.1, 0.15) is 10.4 Å². The Hall–Kier alpha value is -2.67. The van der Waals surface area contributed by atoms with E-state index in [-0.39, 0.29) is 12.1 Å². The summed E-state index contributed by atoms with van der Waals surface area (Å²) in [6.45, 7) is -0.237. The number of Topliss-reactive ketones (excluding diaryl/α,β-unsaturated/α-hetero) is 1. The predicted octanol–water partition coefficient (Wildman–Crippen LogP) is 3.15. The standard InChI is InChI=1S/C15H9ClF2N4O/c16-11-3-1-2-10(6-11)15-19-21-22(20-15)8-14(23)9-4-5-12(17)13(18)7-9/h1-7H,8H2. The lowest BCUT2D eigenvalue weighted by atomic mass is 10.1. The highest BCUT2D eigenvalue weighted by atomic mass is 35.5. The summed E-state index contributed by atoms with van der Waals surface area (Å²) in [5.74, 6) is -2.24. The topological polar surface area (TPSA) is 60.7 Å². The largest absolute Gasteiger partial charge is 0.292 e. The fourth-order valence-corrected chi connectivity index (χ4v) is 2.13. The van der Waals surface area contributed by atoms with E-state index >= 15 is 0 Å². The lowest BCUT2D eigenvalue weighted by Crippen LogP contribution is -2.13. The number of halogens is 3. The first kappa shape index (κ1) is 15.2. The molecule has 0 aliphatic heterocycles. The van der Waals surface area contributed by atoms with E-state index in [4.69, 9.17) is 11.6 Å². The van der Waals surface area contributed by atoms with Crippen molar-refractivity contribution in [3.8, 4) is 11.4 Å². The third-order valence-electron chi connectivity index (χ3n) is 3.06. The number of hydrogen-bond acceptors (Lipinski definition) is 4. The first-order chi connectivity index (χ1) is 11.0. The number of hydrogen-bond donors (Lipinski definition) is 0. The van der Waals surface area contributed by atoms with E-state index in [2.05, 4.69) is 15.4 Å². The average molecular weight is 335 g/mol. The van der Waals surface area contributed by atoms with Crippen molar-refractivity contribution in [2.24, 2.45) is 0 Å². The van der Waals surface area contributed by atoms with E-state index in [1.54, 1.807) is 24.3 Å². The summed E-state index contributed by atoms with van der Waals surface area (Å²) >= 11 is 5.89. The van der Waals surface area contributed by atoms with Gasteiger partial charge in [0.15, 0.2) is 17.4 Å². The molecule has 0 aliphatic carbocycles. The Morgan fingerprint density at radius 1 is 1.13 bits per heavy atom. The first-order valence-electron chi connectivity index (χ1n) is 6.55. The molecule has 2 aromatic carbocycles. The normalized spacial score (nSPS) is 10.7. The minimum atomic E-state index is -1.08. The van der Waals surface area contributed by atoms with Gasteiger partial charge >= 0.3 is 0 Å². The molecule has 116 valence electrons. The van der Waals surface area contributed by atoms with Gasteiger partial charge < -0.3 is 0 Å². The Morgan fingerprint density at radius 3 is 2.70 bits per heavy atom. The van der Waals surface area contributed by atoms with Crippen LogP contribution in [0, 0.1) is 11.6 Å². The van der Waals surface area contributed by atoms with Gasteiger partial charge in [-0.05, 0) is 35.5 Å². The van der Waals surface area contributed by atoms with Crippen LogP contribution in [0.5, 0.6) is 0 Å². The smallest absolute Gasteiger partial charge is 0.204 e. The second kappa shape index (κ2) is 6.21. The van der Waals surface area contributed by atoms with Crippen molar-refractivity contribution in [3.05, 3.63) is 64.7 Å². The molecule has 0 saturated heterocycles. The molecule has 0 fully saturated rings. The van der Waals surface area contributed by atoms with Crippen LogP contribution in [0.15, 0.2) is 42.5 Å². The maximum atomic E-state index is 13.2. The van der Waals surface area contributed by atoms with E-state index < -0.39 is 17.4 Å². The molecule has 8 heteroatoms. The summed E-state index contributed by atoms with van der Waals surface area (Å²) in [7, 11) is 0. The summed E-state index contributed by atoms with van der Waals surface area (Å²) in [6.07, 6.45) is 0. The summed E-state index contributed by atoms with van der Waals surface area (Å²) < 4.78 is 26.0. The molecule has 0 saturated carbocycles. The van der Waals surface area contributed by atoms with Gasteiger partial charge in [0.05, 0.1) is 0 Å². The molecule has 1 aromatic heterocycles. The molecule has 0 unspecified atom stereocenters. The van der Waals surface area contributed by atoms with Crippen molar-refractivity contribution >= 4 is 17.4 Å². The van der Waals surface area contributed by atoms with Crippen molar-refractivity contribution in [1.82, 2.24) is 20.2 Å². The Balaban J connectivity index is 1.78. The molecule has 0 bridgehead atoms. The number of benzene rings is 2. The molecule has 0 amide bonds. The van der Waals surface area contributed by atoms with Crippen molar-refractivity contribution in [3.63, 3.8) is 0 Å². The predicted molar refractivity (Wildman–Crippen MR) is 79.0 cm³/mol. The van der Waals surface area contributed by atoms with Gasteiger partial charge in [0.25, 0.3) is 0 Å². The van der Waals surface area contributed by atoms with Crippen molar-refractivity contribution in [2.75, 3.05) is 0 Å². The second-order valence-electron chi connectivity index (χ2n) is 4.71. The molecule has 0 radical (unpaired) electrons. The Morgan fingerprint density at radius 2 is 1.96 bits per heavy atom. The van der Waals surface area contributed by atoms with Crippen LogP contribution < -0.4 is 0 Å². The minimum absolute atomic E-state index is 0.0329. The number of carbonyl (C=O) groups excluding carboxylic acids is 1. The van der Waals surface area contributed by atoms with E-state index in [0.29, 0.717) is 16.4 Å². The first-order valence-corrected chi connectivity index (χ1v) is 6.93. The highest BCUT2D eigenvalue weighted by molar-refractivity contribution is 6.30. The SMILES string of the molecule is O=C(Cn1nnc(-c2cccc(Cl)c2)n1)c1ccc(F)c(F)c1. The van der Waals surface area contributed by atoms with E-state index in [1.165, 1.54) is 6.07 Å². The molecule has 0 aliphatic rings. The maximum Gasteiger partial charge on any atom is 0.204 e. The van der Waals surface area contributed by atoms with Gasteiger partial charge in [-0.15, -0.1) is 10.2 Å². The number of aromatic nitrogens is 4. The van der Waals surface area contributed by atoms with Crippen LogP contribution in [-0.4, -0.2) is 26.0 Å². The summed E-state index contributed by atoms with van der Waals surface area (Å²) in [6, 6.07) is 9.81. The molecule has 3 rings (SSSR count). The summed E-state index contributed by atoms with van der Waals surface area (Å²) in [5.41, 5.74) is 0.689. The third kappa shape index (κ3) is 3.40. The van der Waals surface area contributed by atoms with Crippen LogP contribution in [0.25, 0.3) is 11.4 Å². The number of ketones is 1. The van der Waals surface area contributed by atoms with Crippen molar-refractivity contribution in [1.29, 1.82) is 0 Å². The third-order valence-corrected chi connectivity index (χ3v) is 3.30. The molecule has 0 N–H and O–H groups in total. The van der Waals surface area contributed by atoms with Gasteiger partial charge in [-0.1, -0.05) is 23.7 Å². The van der Waals surface area contributed by atoms with Crippen LogP contribution in [0.4, 0.5) is 8.78 Å². The van der Waals surface area contributed by atoms with Gasteiger partial charge in [0, 0.05) is 16.1 Å². The highest BCUT2D eigenvalue weighted by Gasteiger charge is 2.13. The van der Waals surface area contributed by atoms with Crippen LogP contribution in [0.2, 0.25) is 5.02 Å². The molecule has 0 atom stereocenters. The molecule has 0 spiro atoms. The number of rotatable bonds is 4. The lowest BCUT2D eigenvalue weighted by Gasteiger charge is -2.00. The fraction of sp³-hybridized carbons (Fsp3) is 0.0667. The zero-order chi connectivity index (χ0) is 16.4. The van der Waals surface area contributed by atoms with Crippen LogP contribution in [-0.2, 0) is 6.54 Å². The molecule has 1 heterocycles. The number of carbonyl (C=O) groups is 1. The van der Waals surface area contributed by atoms with Gasteiger partial charge in [0.1, 0.15) is 6.54 Å². The van der Waals surface area contributed by atoms with Crippen LogP contribution >= 0.6 is 11.6 Å². The lowest BCUT2D eigenvalue weighted by molar-refractivity contribution is 0.0961. The maximum absolute atomic E-state index is 13.2. The quantitative estimate of drug-likeness (QED) is 0.688. The van der Waals surface area contributed by atoms with E-state index in [9.17, 15) is 13.6 Å². The van der Waals surface area contributed by atoms with E-state index in [1.807, 2.05) is 0 Å². The number of tetrazole rings is 1. The number of nitrogens with zero attached hydrogens (tertiary/aromatic N) is 4. The average Bonchev–Trinajstić information content (AvgIpc) is 2.98. The Kier molecular flexibility index (Phi) is 4.12. The van der Waals surface area contributed by atoms with Crippen molar-refractivity contribution in [2.45, 2.75) is 6.54 Å². The summed E-state index contributed by atoms with van der Waals surface area (Å²) in [5, 5.41) is 12.2. The molecule has 23 heavy (non-hydrogen) atoms. The van der Waals surface area contributed by atoms with Gasteiger partial charge in [-0.25, -0.2) is 8.78 Å². The monoisotopic (exact) mass is 334 g/mol. The van der Waals surface area contributed by atoms with E-state index in [0.717, 1.165) is 16.9 Å². The Labute approximate surface area is 134 Å². The van der Waals surface area contributed by atoms with Gasteiger partial charge in [-0.2, -0.15) is 4.80 Å². The van der Waals surface area contributed by atoms with Gasteiger partial charge in [0.2, 0.25) is 5.82 Å². The molecular weight excluding hydrogens is 326 g/mol. The van der Waals surface area contributed by atoms with Gasteiger partial charge in [-0.3, -0.25) is 4.79 Å². The zero-order valence-electron chi connectivity index (χ0n) is 11.6.